The molecule has 1 amide bonds. The zero-order valence-corrected chi connectivity index (χ0v) is 8.52. The van der Waals surface area contributed by atoms with E-state index < -0.39 is 0 Å². The molecule has 0 aliphatic heterocycles. The Bertz CT molecular complexity index is 504. The highest BCUT2D eigenvalue weighted by Gasteiger charge is 2.14. The largest absolute Gasteiger partial charge is 0.417 e. The summed E-state index contributed by atoms with van der Waals surface area (Å²) in [6.45, 7) is 0. The Morgan fingerprint density at radius 2 is 2.40 bits per heavy atom. The quantitative estimate of drug-likeness (QED) is 0.774. The third-order valence-electron chi connectivity index (χ3n) is 2.19. The van der Waals surface area contributed by atoms with E-state index in [1.54, 1.807) is 32.6 Å². The zero-order valence-electron chi connectivity index (χ0n) is 8.52. The number of carbonyl (C=O) groups is 1. The van der Waals surface area contributed by atoms with Gasteiger partial charge in [-0.25, -0.2) is 0 Å². The Morgan fingerprint density at radius 1 is 1.60 bits per heavy atom. The molecule has 0 saturated carbocycles. The fourth-order valence-electron chi connectivity index (χ4n) is 1.48. The molecule has 0 atom stereocenters. The topological polar surface area (TPSA) is 56.2 Å². The van der Waals surface area contributed by atoms with E-state index in [1.807, 2.05) is 6.07 Å². The maximum atomic E-state index is 11.5. The van der Waals surface area contributed by atoms with Gasteiger partial charge in [0, 0.05) is 13.2 Å². The first kappa shape index (κ1) is 9.51. The van der Waals surface area contributed by atoms with Gasteiger partial charge in [-0.05, 0) is 12.1 Å². The van der Waals surface area contributed by atoms with Gasteiger partial charge in [0.25, 0.3) is 5.91 Å². The average Bonchev–Trinajstić information content (AvgIpc) is 2.67. The fourth-order valence-corrected chi connectivity index (χ4v) is 1.48. The van der Waals surface area contributed by atoms with Crippen molar-refractivity contribution in [3.8, 4) is 0 Å². The fraction of sp³-hybridized carbons (Fsp3) is 0.200. The first-order valence-electron chi connectivity index (χ1n) is 4.50. The third kappa shape index (κ3) is 1.41. The Labute approximate surface area is 86.6 Å². The SMILES string of the molecule is CNC(=O)c1cn(OC)c2cccnc12. The van der Waals surface area contributed by atoms with Crippen molar-refractivity contribution in [3.63, 3.8) is 0 Å². The summed E-state index contributed by atoms with van der Waals surface area (Å²) < 4.78 is 1.52. The van der Waals surface area contributed by atoms with Gasteiger partial charge in [-0.2, -0.15) is 4.73 Å². The van der Waals surface area contributed by atoms with E-state index in [1.165, 1.54) is 4.73 Å². The highest BCUT2D eigenvalue weighted by molar-refractivity contribution is 6.05. The number of aromatic nitrogens is 2. The van der Waals surface area contributed by atoms with Crippen LogP contribution in [-0.2, 0) is 0 Å². The molecule has 0 aliphatic carbocycles. The zero-order chi connectivity index (χ0) is 10.8. The van der Waals surface area contributed by atoms with Crippen LogP contribution < -0.4 is 10.2 Å². The monoisotopic (exact) mass is 205 g/mol. The number of amides is 1. The van der Waals surface area contributed by atoms with Crippen LogP contribution in [-0.4, -0.2) is 29.8 Å². The smallest absolute Gasteiger partial charge is 0.254 e. The van der Waals surface area contributed by atoms with Crippen molar-refractivity contribution in [2.24, 2.45) is 0 Å². The molecule has 0 bridgehead atoms. The summed E-state index contributed by atoms with van der Waals surface area (Å²) >= 11 is 0. The van der Waals surface area contributed by atoms with Gasteiger partial charge in [0.05, 0.1) is 11.8 Å². The van der Waals surface area contributed by atoms with Crippen LogP contribution in [0.5, 0.6) is 0 Å². The maximum absolute atomic E-state index is 11.5. The van der Waals surface area contributed by atoms with Crippen molar-refractivity contribution >= 4 is 16.9 Å². The Balaban J connectivity index is 2.70. The van der Waals surface area contributed by atoms with Gasteiger partial charge in [-0.3, -0.25) is 9.78 Å². The van der Waals surface area contributed by atoms with Gasteiger partial charge in [-0.1, -0.05) is 0 Å². The minimum Gasteiger partial charge on any atom is -0.417 e. The molecule has 2 aromatic rings. The second-order valence-electron chi connectivity index (χ2n) is 3.00. The molecule has 5 nitrogen and oxygen atoms in total. The lowest BCUT2D eigenvalue weighted by molar-refractivity contribution is 0.0962. The summed E-state index contributed by atoms with van der Waals surface area (Å²) in [6.07, 6.45) is 3.27. The highest BCUT2D eigenvalue weighted by Crippen LogP contribution is 2.17. The molecular formula is C10H11N3O2. The van der Waals surface area contributed by atoms with Gasteiger partial charge in [-0.15, -0.1) is 0 Å². The van der Waals surface area contributed by atoms with Crippen molar-refractivity contribution in [2.45, 2.75) is 0 Å². The van der Waals surface area contributed by atoms with Crippen molar-refractivity contribution in [1.82, 2.24) is 15.0 Å². The predicted molar refractivity (Wildman–Crippen MR) is 55.6 cm³/mol. The van der Waals surface area contributed by atoms with Crippen molar-refractivity contribution in [2.75, 3.05) is 14.2 Å². The molecular weight excluding hydrogens is 194 g/mol. The molecule has 0 aliphatic rings. The highest BCUT2D eigenvalue weighted by atomic mass is 16.6. The molecule has 0 fully saturated rings. The molecule has 0 spiro atoms. The van der Waals surface area contributed by atoms with E-state index in [2.05, 4.69) is 10.3 Å². The molecule has 0 saturated heterocycles. The maximum Gasteiger partial charge on any atom is 0.254 e. The lowest BCUT2D eigenvalue weighted by Crippen LogP contribution is -2.17. The van der Waals surface area contributed by atoms with E-state index in [9.17, 15) is 4.79 Å². The second-order valence-corrected chi connectivity index (χ2v) is 3.00. The standard InChI is InChI=1S/C10H11N3O2/c1-11-10(14)7-6-13(15-2)8-4-3-5-12-9(7)8/h3-6H,1-2H3,(H,11,14). The van der Waals surface area contributed by atoms with E-state index in [0.29, 0.717) is 11.1 Å². The van der Waals surface area contributed by atoms with Crippen LogP contribution in [0.1, 0.15) is 10.4 Å². The summed E-state index contributed by atoms with van der Waals surface area (Å²) in [7, 11) is 3.13. The molecule has 5 heteroatoms. The van der Waals surface area contributed by atoms with Crippen molar-refractivity contribution in [1.29, 1.82) is 0 Å². The summed E-state index contributed by atoms with van der Waals surface area (Å²) in [5, 5.41) is 2.56. The number of hydrogen-bond acceptors (Lipinski definition) is 3. The van der Waals surface area contributed by atoms with Crippen molar-refractivity contribution in [3.05, 3.63) is 30.1 Å². The molecule has 15 heavy (non-hydrogen) atoms. The Morgan fingerprint density at radius 3 is 3.07 bits per heavy atom. The van der Waals surface area contributed by atoms with Crippen LogP contribution in [0.2, 0.25) is 0 Å². The minimum absolute atomic E-state index is 0.172. The lowest BCUT2D eigenvalue weighted by Gasteiger charge is -1.99. The molecule has 1 N–H and O–H groups in total. The van der Waals surface area contributed by atoms with Gasteiger partial charge in [0.2, 0.25) is 0 Å². The van der Waals surface area contributed by atoms with Crippen molar-refractivity contribution < 1.29 is 9.63 Å². The molecule has 0 radical (unpaired) electrons. The third-order valence-corrected chi connectivity index (χ3v) is 2.19. The average molecular weight is 205 g/mol. The summed E-state index contributed by atoms with van der Waals surface area (Å²) in [4.78, 5) is 20.8. The Hall–Kier alpha value is -2.04. The van der Waals surface area contributed by atoms with Gasteiger partial charge >= 0.3 is 0 Å². The summed E-state index contributed by atoms with van der Waals surface area (Å²) in [5.41, 5.74) is 1.92. The summed E-state index contributed by atoms with van der Waals surface area (Å²) in [6, 6.07) is 3.64. The normalized spacial score (nSPS) is 10.3. The van der Waals surface area contributed by atoms with Gasteiger partial charge in [0.1, 0.15) is 18.1 Å². The summed E-state index contributed by atoms with van der Waals surface area (Å²) in [5.74, 6) is -0.172. The molecule has 78 valence electrons. The first-order valence-corrected chi connectivity index (χ1v) is 4.50. The van der Waals surface area contributed by atoms with Crippen LogP contribution in [0.3, 0.4) is 0 Å². The van der Waals surface area contributed by atoms with E-state index in [-0.39, 0.29) is 5.91 Å². The molecule has 2 aromatic heterocycles. The lowest BCUT2D eigenvalue weighted by atomic mass is 10.2. The minimum atomic E-state index is -0.172. The molecule has 2 heterocycles. The second kappa shape index (κ2) is 3.61. The number of carbonyl (C=O) groups excluding carboxylic acids is 1. The Kier molecular flexibility index (Phi) is 2.29. The van der Waals surface area contributed by atoms with E-state index >= 15 is 0 Å². The van der Waals surface area contributed by atoms with Gasteiger partial charge in [0.15, 0.2) is 0 Å². The van der Waals surface area contributed by atoms with Crippen LogP contribution in [0.25, 0.3) is 11.0 Å². The number of fused-ring (bicyclic) bond motifs is 1. The molecule has 0 unspecified atom stereocenters. The first-order chi connectivity index (χ1) is 7.27. The molecule has 2 rings (SSSR count). The van der Waals surface area contributed by atoms with Crippen LogP contribution in [0, 0.1) is 0 Å². The number of rotatable bonds is 2. The van der Waals surface area contributed by atoms with E-state index in [4.69, 9.17) is 4.84 Å². The number of nitrogens with zero attached hydrogens (tertiary/aromatic N) is 2. The number of nitrogens with one attached hydrogen (secondary N) is 1. The van der Waals surface area contributed by atoms with Crippen LogP contribution in [0.4, 0.5) is 0 Å². The van der Waals surface area contributed by atoms with E-state index in [0.717, 1.165) is 5.52 Å². The van der Waals surface area contributed by atoms with Crippen LogP contribution in [0.15, 0.2) is 24.5 Å². The number of pyridine rings is 1. The number of hydrogen-bond donors (Lipinski definition) is 1. The van der Waals surface area contributed by atoms with Gasteiger partial charge < -0.3 is 10.2 Å². The van der Waals surface area contributed by atoms with Crippen LogP contribution >= 0.6 is 0 Å². The molecule has 0 aromatic carbocycles. The predicted octanol–water partition coefficient (Wildman–Crippen LogP) is 0.454.